The zero-order valence-electron chi connectivity index (χ0n) is 12.1. The summed E-state index contributed by atoms with van der Waals surface area (Å²) in [5.41, 5.74) is -0.324. The van der Waals surface area contributed by atoms with Crippen LogP contribution in [-0.2, 0) is 13.6 Å². The summed E-state index contributed by atoms with van der Waals surface area (Å²) in [6.07, 6.45) is 6.71. The average molecular weight is 261 g/mol. The number of aromatic nitrogens is 2. The third-order valence-electron chi connectivity index (χ3n) is 4.15. The first-order valence-electron chi connectivity index (χ1n) is 6.93. The SMILES string of the molecule is CCNC1(C#N)CCC(N(C)Cc2nccn2C)C1. The number of aryl methyl sites for hydroxylation is 1. The molecular formula is C14H23N5. The minimum absolute atomic E-state index is 0.324. The molecule has 0 aliphatic heterocycles. The summed E-state index contributed by atoms with van der Waals surface area (Å²) in [5.74, 6) is 1.07. The summed E-state index contributed by atoms with van der Waals surface area (Å²) in [6, 6.07) is 2.93. The van der Waals surface area contributed by atoms with Gasteiger partial charge in [0.25, 0.3) is 0 Å². The molecular weight excluding hydrogens is 238 g/mol. The zero-order valence-corrected chi connectivity index (χ0v) is 12.1. The summed E-state index contributed by atoms with van der Waals surface area (Å²) >= 11 is 0. The Morgan fingerprint density at radius 2 is 2.47 bits per heavy atom. The van der Waals surface area contributed by atoms with E-state index >= 15 is 0 Å². The molecule has 1 heterocycles. The molecule has 1 aromatic heterocycles. The van der Waals surface area contributed by atoms with Gasteiger partial charge in [0.2, 0.25) is 0 Å². The van der Waals surface area contributed by atoms with Crippen molar-refractivity contribution in [3.63, 3.8) is 0 Å². The first-order chi connectivity index (χ1) is 9.10. The van der Waals surface area contributed by atoms with Gasteiger partial charge in [0.05, 0.1) is 12.6 Å². The van der Waals surface area contributed by atoms with E-state index in [4.69, 9.17) is 0 Å². The number of hydrogen-bond acceptors (Lipinski definition) is 4. The molecule has 2 rings (SSSR count). The van der Waals surface area contributed by atoms with Gasteiger partial charge < -0.3 is 4.57 Å². The second kappa shape index (κ2) is 5.72. The predicted octanol–water partition coefficient (Wildman–Crippen LogP) is 1.28. The number of nitriles is 1. The number of imidazole rings is 1. The van der Waals surface area contributed by atoms with Crippen LogP contribution >= 0.6 is 0 Å². The maximum absolute atomic E-state index is 9.40. The number of hydrogen-bond donors (Lipinski definition) is 1. The van der Waals surface area contributed by atoms with E-state index < -0.39 is 0 Å². The van der Waals surface area contributed by atoms with E-state index in [1.54, 1.807) is 0 Å². The van der Waals surface area contributed by atoms with Crippen LogP contribution in [0.25, 0.3) is 0 Å². The van der Waals surface area contributed by atoms with E-state index in [1.165, 1.54) is 0 Å². The first-order valence-corrected chi connectivity index (χ1v) is 6.93. The molecule has 0 spiro atoms. The summed E-state index contributed by atoms with van der Waals surface area (Å²) in [7, 11) is 4.14. The third-order valence-corrected chi connectivity index (χ3v) is 4.15. The van der Waals surface area contributed by atoms with Crippen molar-refractivity contribution >= 4 is 0 Å². The summed E-state index contributed by atoms with van der Waals surface area (Å²) in [6.45, 7) is 3.75. The predicted molar refractivity (Wildman–Crippen MR) is 74.3 cm³/mol. The minimum atomic E-state index is -0.324. The van der Waals surface area contributed by atoms with Crippen molar-refractivity contribution in [3.05, 3.63) is 18.2 Å². The highest BCUT2D eigenvalue weighted by Gasteiger charge is 2.40. The van der Waals surface area contributed by atoms with Gasteiger partial charge in [-0.1, -0.05) is 6.92 Å². The van der Waals surface area contributed by atoms with Gasteiger partial charge in [0.1, 0.15) is 11.4 Å². The van der Waals surface area contributed by atoms with Crippen molar-refractivity contribution in [2.45, 2.75) is 44.3 Å². The quantitative estimate of drug-likeness (QED) is 0.867. The zero-order chi connectivity index (χ0) is 13.9. The Labute approximate surface area is 115 Å². The Hall–Kier alpha value is -1.38. The van der Waals surface area contributed by atoms with E-state index in [9.17, 15) is 5.26 Å². The van der Waals surface area contributed by atoms with Crippen molar-refractivity contribution in [2.75, 3.05) is 13.6 Å². The fourth-order valence-corrected chi connectivity index (χ4v) is 2.94. The Kier molecular flexibility index (Phi) is 4.23. The van der Waals surface area contributed by atoms with Crippen LogP contribution in [0.3, 0.4) is 0 Å². The van der Waals surface area contributed by atoms with Crippen LogP contribution in [0.4, 0.5) is 0 Å². The number of rotatable bonds is 5. The number of nitrogens with one attached hydrogen (secondary N) is 1. The van der Waals surface area contributed by atoms with Gasteiger partial charge >= 0.3 is 0 Å². The highest BCUT2D eigenvalue weighted by Crippen LogP contribution is 2.32. The Morgan fingerprint density at radius 3 is 3.05 bits per heavy atom. The maximum atomic E-state index is 9.40. The summed E-state index contributed by atoms with van der Waals surface area (Å²) < 4.78 is 2.05. The topological polar surface area (TPSA) is 56.9 Å². The molecule has 0 aromatic carbocycles. The van der Waals surface area contributed by atoms with Crippen LogP contribution in [-0.4, -0.2) is 39.6 Å². The lowest BCUT2D eigenvalue weighted by Gasteiger charge is -2.26. The standard InChI is InChI=1S/C14H23N5/c1-4-17-14(11-15)6-5-12(9-14)19(3)10-13-16-7-8-18(13)2/h7-8,12,17H,4-6,9-10H2,1-3H3. The van der Waals surface area contributed by atoms with E-state index in [0.29, 0.717) is 6.04 Å². The van der Waals surface area contributed by atoms with Crippen LogP contribution in [0, 0.1) is 11.3 Å². The highest BCUT2D eigenvalue weighted by molar-refractivity contribution is 5.13. The Morgan fingerprint density at radius 1 is 1.68 bits per heavy atom. The second-order valence-electron chi connectivity index (χ2n) is 5.49. The fourth-order valence-electron chi connectivity index (χ4n) is 2.94. The van der Waals surface area contributed by atoms with Crippen molar-refractivity contribution < 1.29 is 0 Å². The van der Waals surface area contributed by atoms with Gasteiger partial charge in [-0.05, 0) is 32.9 Å². The van der Waals surface area contributed by atoms with Crippen LogP contribution < -0.4 is 5.32 Å². The summed E-state index contributed by atoms with van der Waals surface area (Å²) in [5, 5.41) is 12.8. The molecule has 0 radical (unpaired) electrons. The molecule has 19 heavy (non-hydrogen) atoms. The normalized spacial score (nSPS) is 26.8. The molecule has 0 saturated heterocycles. The molecule has 0 amide bonds. The molecule has 0 bridgehead atoms. The van der Waals surface area contributed by atoms with Crippen molar-refractivity contribution in [1.29, 1.82) is 5.26 Å². The molecule has 1 saturated carbocycles. The third kappa shape index (κ3) is 2.96. The van der Waals surface area contributed by atoms with Gasteiger partial charge in [-0.2, -0.15) is 5.26 Å². The van der Waals surface area contributed by atoms with Crippen LogP contribution in [0.15, 0.2) is 12.4 Å². The van der Waals surface area contributed by atoms with Gasteiger partial charge in [-0.25, -0.2) is 4.98 Å². The molecule has 1 aliphatic carbocycles. The molecule has 5 heteroatoms. The highest BCUT2D eigenvalue weighted by atomic mass is 15.2. The molecule has 1 N–H and O–H groups in total. The van der Waals surface area contributed by atoms with Crippen LogP contribution in [0.2, 0.25) is 0 Å². The van der Waals surface area contributed by atoms with E-state index in [0.717, 1.165) is 38.2 Å². The van der Waals surface area contributed by atoms with E-state index in [-0.39, 0.29) is 5.54 Å². The molecule has 1 fully saturated rings. The molecule has 2 atom stereocenters. The smallest absolute Gasteiger partial charge is 0.122 e. The fraction of sp³-hybridized carbons (Fsp3) is 0.714. The largest absolute Gasteiger partial charge is 0.337 e. The molecule has 2 unspecified atom stereocenters. The van der Waals surface area contributed by atoms with Gasteiger partial charge in [-0.3, -0.25) is 10.2 Å². The Bertz CT molecular complexity index is 461. The second-order valence-corrected chi connectivity index (χ2v) is 5.49. The van der Waals surface area contributed by atoms with Gasteiger partial charge in [-0.15, -0.1) is 0 Å². The number of nitrogens with zero attached hydrogens (tertiary/aromatic N) is 4. The maximum Gasteiger partial charge on any atom is 0.122 e. The summed E-state index contributed by atoms with van der Waals surface area (Å²) in [4.78, 5) is 6.68. The van der Waals surface area contributed by atoms with Crippen LogP contribution in [0.5, 0.6) is 0 Å². The molecule has 5 nitrogen and oxygen atoms in total. The Balaban J connectivity index is 1.97. The first kappa shape index (κ1) is 14.0. The van der Waals surface area contributed by atoms with Gasteiger partial charge in [0.15, 0.2) is 0 Å². The van der Waals surface area contributed by atoms with Crippen molar-refractivity contribution in [2.24, 2.45) is 7.05 Å². The van der Waals surface area contributed by atoms with E-state index in [2.05, 4.69) is 35.2 Å². The van der Waals surface area contributed by atoms with Gasteiger partial charge in [0, 0.05) is 25.5 Å². The molecule has 1 aliphatic rings. The van der Waals surface area contributed by atoms with Crippen LogP contribution in [0.1, 0.15) is 32.0 Å². The van der Waals surface area contributed by atoms with E-state index in [1.807, 2.05) is 24.0 Å². The van der Waals surface area contributed by atoms with Crippen molar-refractivity contribution in [3.8, 4) is 6.07 Å². The molecule has 1 aromatic rings. The minimum Gasteiger partial charge on any atom is -0.337 e. The lowest BCUT2D eigenvalue weighted by molar-refractivity contribution is 0.221. The lowest BCUT2D eigenvalue weighted by atomic mass is 9.99. The van der Waals surface area contributed by atoms with Crippen molar-refractivity contribution in [1.82, 2.24) is 19.8 Å². The lowest BCUT2D eigenvalue weighted by Crippen LogP contribution is -2.43. The molecule has 104 valence electrons. The average Bonchev–Trinajstić information content (AvgIpc) is 2.98. The monoisotopic (exact) mass is 261 g/mol.